The minimum atomic E-state index is 0.424. The second-order valence-electron chi connectivity index (χ2n) is 7.28. The zero-order valence-corrected chi connectivity index (χ0v) is 18.4. The molecule has 2 N–H and O–H groups in total. The van der Waals surface area contributed by atoms with Crippen molar-refractivity contribution in [3.8, 4) is 0 Å². The monoisotopic (exact) mass is 394 g/mol. The van der Waals surface area contributed by atoms with Crippen LogP contribution in [0.1, 0.15) is 52.1 Å². The lowest BCUT2D eigenvalue weighted by Crippen LogP contribution is -2.43. The van der Waals surface area contributed by atoms with Gasteiger partial charge in [-0.1, -0.05) is 13.8 Å². The summed E-state index contributed by atoms with van der Waals surface area (Å²) in [6, 6.07) is 0.424. The number of nitrogens with zero attached hydrogens (tertiary/aromatic N) is 4. The molecule has 1 aromatic rings. The Hall–Kier alpha value is -1.34. The smallest absolute Gasteiger partial charge is 0.191 e. The third-order valence-electron chi connectivity index (χ3n) is 5.20. The van der Waals surface area contributed by atoms with Crippen molar-refractivity contribution in [1.29, 1.82) is 0 Å². The number of guanidine groups is 1. The van der Waals surface area contributed by atoms with Crippen LogP contribution in [0.3, 0.4) is 0 Å². The van der Waals surface area contributed by atoms with Crippen molar-refractivity contribution in [2.75, 3.05) is 51.2 Å². The van der Waals surface area contributed by atoms with E-state index < -0.39 is 0 Å². The van der Waals surface area contributed by atoms with E-state index in [0.717, 1.165) is 51.5 Å². The Morgan fingerprint density at radius 1 is 1.33 bits per heavy atom. The lowest BCUT2D eigenvalue weighted by molar-refractivity contribution is 0.292. The van der Waals surface area contributed by atoms with Crippen molar-refractivity contribution < 1.29 is 0 Å². The first kappa shape index (κ1) is 22.0. The predicted octanol–water partition coefficient (Wildman–Crippen LogP) is 2.96. The molecule has 0 aliphatic carbocycles. The number of hydrogen-bond acceptors (Lipinski definition) is 5. The molecular formula is C20H38N6S. The Kier molecular flexibility index (Phi) is 9.91. The van der Waals surface area contributed by atoms with Crippen LogP contribution in [0.15, 0.2) is 10.4 Å². The Bertz CT molecular complexity index is 548. The molecule has 27 heavy (non-hydrogen) atoms. The topological polar surface area (TPSA) is 55.8 Å². The van der Waals surface area contributed by atoms with Crippen LogP contribution in [0.25, 0.3) is 0 Å². The van der Waals surface area contributed by atoms with Crippen molar-refractivity contribution in [2.24, 2.45) is 4.99 Å². The van der Waals surface area contributed by atoms with Gasteiger partial charge in [-0.05, 0) is 52.2 Å². The van der Waals surface area contributed by atoms with Crippen molar-refractivity contribution >= 4 is 22.4 Å². The third-order valence-corrected chi connectivity index (χ3v) is 6.15. The van der Waals surface area contributed by atoms with Crippen LogP contribution in [-0.2, 0) is 6.42 Å². The Balaban J connectivity index is 1.64. The first-order valence-electron chi connectivity index (χ1n) is 10.5. The minimum absolute atomic E-state index is 0.424. The van der Waals surface area contributed by atoms with Gasteiger partial charge in [0.05, 0.1) is 5.69 Å². The van der Waals surface area contributed by atoms with Crippen molar-refractivity contribution in [1.82, 2.24) is 20.5 Å². The average Bonchev–Trinajstić information content (AvgIpc) is 3.36. The highest BCUT2D eigenvalue weighted by atomic mass is 32.1. The maximum Gasteiger partial charge on any atom is 0.191 e. The molecule has 1 saturated heterocycles. The fourth-order valence-corrected chi connectivity index (χ4v) is 4.35. The van der Waals surface area contributed by atoms with E-state index >= 15 is 0 Å². The number of aliphatic imine (C=N–C) groups is 1. The van der Waals surface area contributed by atoms with Crippen molar-refractivity contribution in [3.63, 3.8) is 0 Å². The highest BCUT2D eigenvalue weighted by Crippen LogP contribution is 2.24. The molecule has 1 aliphatic heterocycles. The summed E-state index contributed by atoms with van der Waals surface area (Å²) in [7, 11) is 1.84. The second kappa shape index (κ2) is 12.2. The van der Waals surface area contributed by atoms with E-state index in [9.17, 15) is 0 Å². The van der Waals surface area contributed by atoms with E-state index in [4.69, 9.17) is 4.98 Å². The first-order chi connectivity index (χ1) is 13.2. The number of anilines is 1. The molecule has 1 atom stereocenters. The quantitative estimate of drug-likeness (QED) is 0.446. The molecule has 7 heteroatoms. The summed E-state index contributed by atoms with van der Waals surface area (Å²) in [6.45, 7) is 13.3. The Morgan fingerprint density at radius 2 is 2.07 bits per heavy atom. The van der Waals surface area contributed by atoms with Gasteiger partial charge >= 0.3 is 0 Å². The number of nitrogens with one attached hydrogen (secondary N) is 2. The van der Waals surface area contributed by atoms with Gasteiger partial charge in [-0.25, -0.2) is 4.98 Å². The second-order valence-corrected chi connectivity index (χ2v) is 8.12. The van der Waals surface area contributed by atoms with Crippen LogP contribution >= 0.6 is 11.3 Å². The number of aromatic nitrogens is 1. The zero-order chi connectivity index (χ0) is 19.5. The molecule has 0 spiro atoms. The summed E-state index contributed by atoms with van der Waals surface area (Å²) in [5, 5.41) is 10.3. The van der Waals surface area contributed by atoms with Gasteiger partial charge in [0.1, 0.15) is 0 Å². The molecule has 0 saturated carbocycles. The van der Waals surface area contributed by atoms with E-state index in [0.29, 0.717) is 6.04 Å². The fourth-order valence-electron chi connectivity index (χ4n) is 3.43. The number of rotatable bonds is 11. The molecule has 0 aromatic carbocycles. The molecule has 0 amide bonds. The van der Waals surface area contributed by atoms with Gasteiger partial charge in [-0.2, -0.15) is 0 Å². The molecule has 1 aliphatic rings. The van der Waals surface area contributed by atoms with Gasteiger partial charge in [0.25, 0.3) is 0 Å². The summed E-state index contributed by atoms with van der Waals surface area (Å²) in [6.07, 6.45) is 5.89. The molecule has 1 aromatic heterocycles. The summed E-state index contributed by atoms with van der Waals surface area (Å²) in [5.74, 6) is 0.889. The zero-order valence-electron chi connectivity index (χ0n) is 17.6. The molecule has 0 bridgehead atoms. The molecule has 6 nitrogen and oxygen atoms in total. The SMILES string of the molecule is CCN(CC)CCCC(C)NC(=NC)NCCc1csc(N2CCCC2)n1. The molecule has 0 radical (unpaired) electrons. The summed E-state index contributed by atoms with van der Waals surface area (Å²) >= 11 is 1.77. The van der Waals surface area contributed by atoms with Crippen LogP contribution in [-0.4, -0.2) is 68.2 Å². The highest BCUT2D eigenvalue weighted by Gasteiger charge is 2.15. The van der Waals surface area contributed by atoms with E-state index in [2.05, 4.69) is 51.6 Å². The van der Waals surface area contributed by atoms with E-state index in [1.807, 2.05) is 7.05 Å². The van der Waals surface area contributed by atoms with Crippen LogP contribution in [0, 0.1) is 0 Å². The van der Waals surface area contributed by atoms with E-state index in [-0.39, 0.29) is 0 Å². The number of thiazole rings is 1. The first-order valence-corrected chi connectivity index (χ1v) is 11.4. The molecule has 2 heterocycles. The van der Waals surface area contributed by atoms with E-state index in [1.165, 1.54) is 36.6 Å². The van der Waals surface area contributed by atoms with Gasteiger partial charge < -0.3 is 20.4 Å². The minimum Gasteiger partial charge on any atom is -0.356 e. The molecule has 2 rings (SSSR count). The molecule has 1 fully saturated rings. The van der Waals surface area contributed by atoms with Gasteiger partial charge in [-0.3, -0.25) is 4.99 Å². The van der Waals surface area contributed by atoms with Gasteiger partial charge in [0.2, 0.25) is 0 Å². The third kappa shape index (κ3) is 7.66. The van der Waals surface area contributed by atoms with E-state index in [1.54, 1.807) is 11.3 Å². The maximum absolute atomic E-state index is 4.79. The lowest BCUT2D eigenvalue weighted by atomic mass is 10.2. The highest BCUT2D eigenvalue weighted by molar-refractivity contribution is 7.13. The Morgan fingerprint density at radius 3 is 2.74 bits per heavy atom. The Labute approximate surface area is 169 Å². The van der Waals surface area contributed by atoms with Gasteiger partial charge in [0, 0.05) is 44.5 Å². The van der Waals surface area contributed by atoms with Crippen LogP contribution in [0.5, 0.6) is 0 Å². The van der Waals surface area contributed by atoms with Crippen molar-refractivity contribution in [2.45, 2.75) is 58.9 Å². The standard InChI is InChI=1S/C20H38N6S/c1-5-25(6-2)13-9-10-17(3)23-19(21-4)22-12-11-18-16-27-20(24-18)26-14-7-8-15-26/h16-17H,5-15H2,1-4H3,(H2,21,22,23). The average molecular weight is 395 g/mol. The summed E-state index contributed by atoms with van der Waals surface area (Å²) < 4.78 is 0. The summed E-state index contributed by atoms with van der Waals surface area (Å²) in [5.41, 5.74) is 1.18. The summed E-state index contributed by atoms with van der Waals surface area (Å²) in [4.78, 5) is 14.0. The van der Waals surface area contributed by atoms with Crippen LogP contribution in [0.2, 0.25) is 0 Å². The van der Waals surface area contributed by atoms with Crippen LogP contribution in [0.4, 0.5) is 5.13 Å². The predicted molar refractivity (Wildman–Crippen MR) is 118 cm³/mol. The molecule has 1 unspecified atom stereocenters. The normalized spacial score (nSPS) is 16.2. The largest absolute Gasteiger partial charge is 0.356 e. The van der Waals surface area contributed by atoms with Gasteiger partial charge in [-0.15, -0.1) is 11.3 Å². The fraction of sp³-hybridized carbons (Fsp3) is 0.800. The van der Waals surface area contributed by atoms with Crippen molar-refractivity contribution in [3.05, 3.63) is 11.1 Å². The number of hydrogen-bond donors (Lipinski definition) is 2. The molecule has 154 valence electrons. The maximum atomic E-state index is 4.79. The van der Waals surface area contributed by atoms with Crippen LogP contribution < -0.4 is 15.5 Å². The molecular weight excluding hydrogens is 356 g/mol. The lowest BCUT2D eigenvalue weighted by Gasteiger charge is -2.21. The van der Waals surface area contributed by atoms with Gasteiger partial charge in [0.15, 0.2) is 11.1 Å².